The van der Waals surface area contributed by atoms with Gasteiger partial charge in [-0.1, -0.05) is 17.7 Å². The minimum absolute atomic E-state index is 0.202. The monoisotopic (exact) mass is 398 g/mol. The molecule has 0 fully saturated rings. The summed E-state index contributed by atoms with van der Waals surface area (Å²) in [5, 5.41) is 6.17. The molecule has 2 amide bonds. The molecular weight excluding hydrogens is 380 g/mol. The Balaban J connectivity index is 1.54. The Hall–Kier alpha value is -3.25. The van der Waals surface area contributed by atoms with E-state index in [0.717, 1.165) is 5.56 Å². The molecule has 0 aliphatic rings. The fourth-order valence-electron chi connectivity index (χ4n) is 2.46. The lowest BCUT2D eigenvalue weighted by molar-refractivity contribution is 0.0945. The lowest BCUT2D eigenvalue weighted by atomic mass is 10.1. The predicted molar refractivity (Wildman–Crippen MR) is 107 cm³/mol. The fourth-order valence-corrected chi connectivity index (χ4v) is 2.58. The van der Waals surface area contributed by atoms with E-state index in [9.17, 15) is 9.59 Å². The summed E-state index contributed by atoms with van der Waals surface area (Å²) in [5.41, 5.74) is 1.82. The van der Waals surface area contributed by atoms with Crippen molar-refractivity contribution < 1.29 is 18.7 Å². The second-order valence-electron chi connectivity index (χ2n) is 6.02. The zero-order chi connectivity index (χ0) is 19.9. The Kier molecular flexibility index (Phi) is 6.34. The largest absolute Gasteiger partial charge is 0.492 e. The standard InChI is InChI=1S/C21H19ClN2O4/c1-14-4-5-15(13-18(14)24-21(26)19-3-2-11-28-19)20(25)23-10-12-27-17-8-6-16(22)7-9-17/h2-9,11,13H,10,12H2,1H3,(H,23,25)(H,24,26). The van der Waals surface area contributed by atoms with Gasteiger partial charge in [-0.2, -0.15) is 0 Å². The van der Waals surface area contributed by atoms with Crippen molar-refractivity contribution >= 4 is 29.1 Å². The number of carbonyl (C=O) groups excluding carboxylic acids is 2. The van der Waals surface area contributed by atoms with E-state index >= 15 is 0 Å². The summed E-state index contributed by atoms with van der Waals surface area (Å²) in [6.07, 6.45) is 1.43. The third-order valence-electron chi connectivity index (χ3n) is 3.96. The number of aryl methyl sites for hydroxylation is 1. The topological polar surface area (TPSA) is 80.6 Å². The Morgan fingerprint density at radius 3 is 2.57 bits per heavy atom. The molecule has 28 heavy (non-hydrogen) atoms. The van der Waals surface area contributed by atoms with Gasteiger partial charge in [0.25, 0.3) is 11.8 Å². The molecule has 0 radical (unpaired) electrons. The highest BCUT2D eigenvalue weighted by Gasteiger charge is 2.13. The maximum Gasteiger partial charge on any atom is 0.291 e. The molecule has 2 N–H and O–H groups in total. The number of halogens is 1. The second-order valence-corrected chi connectivity index (χ2v) is 6.46. The number of benzene rings is 2. The number of ether oxygens (including phenoxy) is 1. The first-order chi connectivity index (χ1) is 13.5. The van der Waals surface area contributed by atoms with E-state index in [1.807, 2.05) is 6.92 Å². The van der Waals surface area contributed by atoms with Gasteiger partial charge in [0.1, 0.15) is 12.4 Å². The SMILES string of the molecule is Cc1ccc(C(=O)NCCOc2ccc(Cl)cc2)cc1NC(=O)c1ccco1. The zero-order valence-corrected chi connectivity index (χ0v) is 16.0. The van der Waals surface area contributed by atoms with Gasteiger partial charge < -0.3 is 19.8 Å². The first kappa shape index (κ1) is 19.5. The number of carbonyl (C=O) groups is 2. The molecule has 1 heterocycles. The summed E-state index contributed by atoms with van der Waals surface area (Å²) in [6.45, 7) is 2.50. The lowest BCUT2D eigenvalue weighted by Crippen LogP contribution is -2.28. The number of nitrogens with one attached hydrogen (secondary N) is 2. The number of amides is 2. The van der Waals surface area contributed by atoms with E-state index in [1.165, 1.54) is 6.26 Å². The van der Waals surface area contributed by atoms with Gasteiger partial charge in [0.2, 0.25) is 0 Å². The second kappa shape index (κ2) is 9.10. The van der Waals surface area contributed by atoms with Crippen LogP contribution < -0.4 is 15.4 Å². The minimum atomic E-state index is -0.373. The molecule has 3 rings (SSSR count). The Morgan fingerprint density at radius 2 is 1.86 bits per heavy atom. The predicted octanol–water partition coefficient (Wildman–Crippen LogP) is 4.30. The molecule has 1 aromatic heterocycles. The van der Waals surface area contributed by atoms with Crippen molar-refractivity contribution in [1.29, 1.82) is 0 Å². The van der Waals surface area contributed by atoms with Crippen LogP contribution in [0.15, 0.2) is 65.3 Å². The highest BCUT2D eigenvalue weighted by molar-refractivity contribution is 6.30. The zero-order valence-electron chi connectivity index (χ0n) is 15.2. The van der Waals surface area contributed by atoms with E-state index < -0.39 is 0 Å². The van der Waals surface area contributed by atoms with Crippen LogP contribution in [-0.2, 0) is 0 Å². The van der Waals surface area contributed by atoms with E-state index in [-0.39, 0.29) is 17.6 Å². The lowest BCUT2D eigenvalue weighted by Gasteiger charge is -2.11. The van der Waals surface area contributed by atoms with Crippen LogP contribution in [0.1, 0.15) is 26.5 Å². The Labute approximate surface area is 167 Å². The van der Waals surface area contributed by atoms with Crippen molar-refractivity contribution in [2.75, 3.05) is 18.5 Å². The third kappa shape index (κ3) is 5.14. The summed E-state index contributed by atoms with van der Waals surface area (Å²) in [4.78, 5) is 24.5. The van der Waals surface area contributed by atoms with Crippen LogP contribution in [0.4, 0.5) is 5.69 Å². The van der Waals surface area contributed by atoms with E-state index in [2.05, 4.69) is 10.6 Å². The van der Waals surface area contributed by atoms with Crippen molar-refractivity contribution in [2.45, 2.75) is 6.92 Å². The van der Waals surface area contributed by atoms with Crippen molar-refractivity contribution in [3.8, 4) is 5.75 Å². The van der Waals surface area contributed by atoms with Crippen LogP contribution in [0.3, 0.4) is 0 Å². The first-order valence-electron chi connectivity index (χ1n) is 8.65. The van der Waals surface area contributed by atoms with Crippen molar-refractivity contribution in [2.24, 2.45) is 0 Å². The highest BCUT2D eigenvalue weighted by atomic mass is 35.5. The number of hydrogen-bond donors (Lipinski definition) is 2. The molecule has 3 aromatic rings. The number of hydrogen-bond acceptors (Lipinski definition) is 4. The maximum atomic E-state index is 12.4. The van der Waals surface area contributed by atoms with Crippen molar-refractivity contribution in [3.05, 3.63) is 82.8 Å². The summed E-state index contributed by atoms with van der Waals surface area (Å²) in [5.74, 6) is 0.251. The van der Waals surface area contributed by atoms with Crippen LogP contribution in [0, 0.1) is 6.92 Å². The van der Waals surface area contributed by atoms with Gasteiger partial charge in [-0.3, -0.25) is 9.59 Å². The average Bonchev–Trinajstić information content (AvgIpc) is 3.23. The molecule has 0 aliphatic heterocycles. The van der Waals surface area contributed by atoms with Gasteiger partial charge in [0.15, 0.2) is 5.76 Å². The molecule has 0 atom stereocenters. The van der Waals surface area contributed by atoms with Crippen molar-refractivity contribution in [1.82, 2.24) is 5.32 Å². The molecule has 6 nitrogen and oxygen atoms in total. The van der Waals surface area contributed by atoms with Gasteiger partial charge >= 0.3 is 0 Å². The third-order valence-corrected chi connectivity index (χ3v) is 4.21. The summed E-state index contributed by atoms with van der Waals surface area (Å²) < 4.78 is 10.6. The normalized spacial score (nSPS) is 10.4. The molecular formula is C21H19ClN2O4. The molecule has 0 saturated carbocycles. The smallest absolute Gasteiger partial charge is 0.291 e. The van der Waals surface area contributed by atoms with Gasteiger partial charge in [0, 0.05) is 16.3 Å². The molecule has 0 spiro atoms. The van der Waals surface area contributed by atoms with Crippen LogP contribution in [0.5, 0.6) is 5.75 Å². The van der Waals surface area contributed by atoms with Crippen molar-refractivity contribution in [3.63, 3.8) is 0 Å². The molecule has 144 valence electrons. The van der Waals surface area contributed by atoms with Gasteiger partial charge in [-0.25, -0.2) is 0 Å². The highest BCUT2D eigenvalue weighted by Crippen LogP contribution is 2.18. The molecule has 2 aromatic carbocycles. The molecule has 0 bridgehead atoms. The van der Waals surface area contributed by atoms with E-state index in [4.69, 9.17) is 20.8 Å². The van der Waals surface area contributed by atoms with Crippen LogP contribution in [0.2, 0.25) is 5.02 Å². The molecule has 0 unspecified atom stereocenters. The summed E-state index contributed by atoms with van der Waals surface area (Å²) in [6, 6.07) is 15.3. The maximum absolute atomic E-state index is 12.4. The molecule has 0 aliphatic carbocycles. The molecule has 7 heteroatoms. The van der Waals surface area contributed by atoms with Crippen LogP contribution in [0.25, 0.3) is 0 Å². The number of rotatable bonds is 7. The van der Waals surface area contributed by atoms with Gasteiger partial charge in [-0.15, -0.1) is 0 Å². The van der Waals surface area contributed by atoms with Crippen LogP contribution >= 0.6 is 11.6 Å². The van der Waals surface area contributed by atoms with Crippen LogP contribution in [-0.4, -0.2) is 25.0 Å². The fraction of sp³-hybridized carbons (Fsp3) is 0.143. The number of anilines is 1. The Bertz CT molecular complexity index is 953. The number of furan rings is 1. The quantitative estimate of drug-likeness (QED) is 0.581. The molecule has 0 saturated heterocycles. The van der Waals surface area contributed by atoms with E-state index in [0.29, 0.717) is 35.2 Å². The van der Waals surface area contributed by atoms with Gasteiger partial charge in [-0.05, 0) is 61.0 Å². The average molecular weight is 399 g/mol. The minimum Gasteiger partial charge on any atom is -0.492 e. The Morgan fingerprint density at radius 1 is 1.07 bits per heavy atom. The van der Waals surface area contributed by atoms with E-state index in [1.54, 1.807) is 54.6 Å². The summed E-state index contributed by atoms with van der Waals surface area (Å²) >= 11 is 5.82. The first-order valence-corrected chi connectivity index (χ1v) is 9.03. The van der Waals surface area contributed by atoms with Gasteiger partial charge in [0.05, 0.1) is 12.8 Å². The summed E-state index contributed by atoms with van der Waals surface area (Å²) in [7, 11) is 0.